The minimum Gasteiger partial charge on any atom is -0.343 e. The summed E-state index contributed by atoms with van der Waals surface area (Å²) in [6.07, 6.45) is 1.23. The Morgan fingerprint density at radius 3 is 2.53 bits per heavy atom. The monoisotopic (exact) mass is 422 g/mol. The number of amides is 2. The number of nitrogens with one attached hydrogen (secondary N) is 2. The van der Waals surface area contributed by atoms with Crippen LogP contribution in [0.2, 0.25) is 0 Å². The highest BCUT2D eigenvalue weighted by molar-refractivity contribution is 7.17. The first kappa shape index (κ1) is 19.5. The highest BCUT2D eigenvalue weighted by atomic mass is 32.1. The van der Waals surface area contributed by atoms with Crippen LogP contribution in [0.1, 0.15) is 10.4 Å². The molecule has 0 unspecified atom stereocenters. The normalized spacial score (nSPS) is 10.7. The summed E-state index contributed by atoms with van der Waals surface area (Å²) < 4.78 is 13.9. The smallest absolute Gasteiger partial charge is 0.281 e. The molecule has 30 heavy (non-hydrogen) atoms. The van der Waals surface area contributed by atoms with Gasteiger partial charge in [-0.3, -0.25) is 19.8 Å². The largest absolute Gasteiger partial charge is 0.343 e. The molecule has 2 amide bonds. The van der Waals surface area contributed by atoms with Crippen molar-refractivity contribution in [2.24, 2.45) is 0 Å². The van der Waals surface area contributed by atoms with Crippen LogP contribution >= 0.6 is 11.3 Å². The average Bonchev–Trinajstić information content (AvgIpc) is 3.20. The standard InChI is InChI=1S/C21H15FN4O3S/c22-15-8-6-14(7-9-15)19(28)23-10-17(27)25-26-12-24-20-18(21(26)29)16(11-30-20)13-4-2-1-3-5-13/h1-9,11-12H,10H2,(H,23,28)(H,25,27). The predicted octanol–water partition coefficient (Wildman–Crippen LogP) is 2.76. The third-order valence-electron chi connectivity index (χ3n) is 4.34. The Kier molecular flexibility index (Phi) is 5.36. The number of carbonyl (C=O) groups is 2. The molecule has 2 N–H and O–H groups in total. The molecule has 0 atom stereocenters. The quantitative estimate of drug-likeness (QED) is 0.517. The molecule has 150 valence electrons. The summed E-state index contributed by atoms with van der Waals surface area (Å²) in [6, 6.07) is 14.3. The first-order valence-corrected chi connectivity index (χ1v) is 9.79. The van der Waals surface area contributed by atoms with Crippen LogP contribution in [-0.4, -0.2) is 28.0 Å². The molecule has 0 spiro atoms. The van der Waals surface area contributed by atoms with Crippen LogP contribution in [-0.2, 0) is 4.79 Å². The number of carbonyl (C=O) groups excluding carboxylic acids is 2. The van der Waals surface area contributed by atoms with Crippen molar-refractivity contribution in [3.05, 3.63) is 88.0 Å². The van der Waals surface area contributed by atoms with Crippen molar-refractivity contribution in [3.63, 3.8) is 0 Å². The molecular formula is C21H15FN4O3S. The van der Waals surface area contributed by atoms with Crippen molar-refractivity contribution < 1.29 is 14.0 Å². The lowest BCUT2D eigenvalue weighted by Gasteiger charge is -2.09. The van der Waals surface area contributed by atoms with E-state index in [1.54, 1.807) is 0 Å². The van der Waals surface area contributed by atoms with E-state index in [9.17, 15) is 18.8 Å². The first-order valence-electron chi connectivity index (χ1n) is 8.91. The van der Waals surface area contributed by atoms with Gasteiger partial charge in [-0.05, 0) is 29.8 Å². The van der Waals surface area contributed by atoms with Gasteiger partial charge in [0.05, 0.1) is 11.9 Å². The van der Waals surface area contributed by atoms with Gasteiger partial charge in [0.15, 0.2) is 0 Å². The fourth-order valence-electron chi connectivity index (χ4n) is 2.88. The molecule has 2 heterocycles. The van der Waals surface area contributed by atoms with Crippen LogP contribution in [0.15, 0.2) is 71.1 Å². The minimum absolute atomic E-state index is 0.218. The molecule has 4 aromatic rings. The molecule has 0 saturated carbocycles. The van der Waals surface area contributed by atoms with Crippen molar-refractivity contribution in [3.8, 4) is 11.1 Å². The second kappa shape index (κ2) is 8.26. The maximum atomic E-state index is 12.9. The fourth-order valence-corrected chi connectivity index (χ4v) is 3.79. The summed E-state index contributed by atoms with van der Waals surface area (Å²) in [4.78, 5) is 41.9. The zero-order valence-electron chi connectivity index (χ0n) is 15.5. The van der Waals surface area contributed by atoms with Crippen molar-refractivity contribution in [1.29, 1.82) is 0 Å². The summed E-state index contributed by atoms with van der Waals surface area (Å²) in [5.41, 5.74) is 3.83. The second-order valence-electron chi connectivity index (χ2n) is 6.34. The molecule has 0 aliphatic heterocycles. The van der Waals surface area contributed by atoms with Crippen molar-refractivity contribution in [2.45, 2.75) is 0 Å². The molecule has 9 heteroatoms. The maximum absolute atomic E-state index is 12.9. The number of hydrogen-bond acceptors (Lipinski definition) is 5. The molecule has 0 aliphatic carbocycles. The topological polar surface area (TPSA) is 93.1 Å². The van der Waals surface area contributed by atoms with Crippen LogP contribution < -0.4 is 16.3 Å². The van der Waals surface area contributed by atoms with E-state index in [2.05, 4.69) is 15.7 Å². The molecule has 2 aromatic carbocycles. The SMILES string of the molecule is O=C(CNC(=O)c1ccc(F)cc1)Nn1cnc2scc(-c3ccccc3)c2c1=O. The number of nitrogens with zero attached hydrogens (tertiary/aromatic N) is 2. The number of fused-ring (bicyclic) bond motifs is 1. The van der Waals surface area contributed by atoms with Crippen LogP contribution in [0.25, 0.3) is 21.3 Å². The van der Waals surface area contributed by atoms with Crippen LogP contribution in [0.3, 0.4) is 0 Å². The van der Waals surface area contributed by atoms with E-state index >= 15 is 0 Å². The van der Waals surface area contributed by atoms with Gasteiger partial charge in [0.2, 0.25) is 0 Å². The Hall–Kier alpha value is -3.85. The lowest BCUT2D eigenvalue weighted by molar-refractivity contribution is -0.116. The number of thiophene rings is 1. The number of aromatic nitrogens is 2. The molecule has 7 nitrogen and oxygen atoms in total. The molecule has 4 rings (SSSR count). The first-order chi connectivity index (χ1) is 14.5. The highest BCUT2D eigenvalue weighted by Crippen LogP contribution is 2.30. The maximum Gasteiger partial charge on any atom is 0.281 e. The number of halogens is 1. The van der Waals surface area contributed by atoms with E-state index in [0.29, 0.717) is 10.2 Å². The number of rotatable bonds is 5. The third kappa shape index (κ3) is 3.96. The lowest BCUT2D eigenvalue weighted by atomic mass is 10.1. The van der Waals surface area contributed by atoms with Crippen molar-refractivity contribution in [1.82, 2.24) is 15.0 Å². The van der Waals surface area contributed by atoms with Gasteiger partial charge >= 0.3 is 0 Å². The molecule has 0 saturated heterocycles. The molecule has 0 aliphatic rings. The van der Waals surface area contributed by atoms with Gasteiger partial charge in [0.1, 0.15) is 17.0 Å². The van der Waals surface area contributed by atoms with Gasteiger partial charge in [0, 0.05) is 16.5 Å². The molecule has 0 radical (unpaired) electrons. The number of hydrogen-bond donors (Lipinski definition) is 2. The van der Waals surface area contributed by atoms with Gasteiger partial charge < -0.3 is 5.32 Å². The minimum atomic E-state index is -0.606. The van der Waals surface area contributed by atoms with Crippen LogP contribution in [0, 0.1) is 5.82 Å². The summed E-state index contributed by atoms with van der Waals surface area (Å²) in [6.45, 7) is -0.365. The second-order valence-corrected chi connectivity index (χ2v) is 7.20. The van der Waals surface area contributed by atoms with E-state index in [-0.39, 0.29) is 12.1 Å². The summed E-state index contributed by atoms with van der Waals surface area (Å²) >= 11 is 1.34. The van der Waals surface area contributed by atoms with E-state index in [4.69, 9.17) is 0 Å². The zero-order chi connectivity index (χ0) is 21.1. The van der Waals surface area contributed by atoms with Gasteiger partial charge in [-0.25, -0.2) is 14.1 Å². The fraction of sp³-hybridized carbons (Fsp3) is 0.0476. The van der Waals surface area contributed by atoms with E-state index in [1.165, 1.54) is 29.8 Å². The average molecular weight is 422 g/mol. The molecule has 0 fully saturated rings. The lowest BCUT2D eigenvalue weighted by Crippen LogP contribution is -2.39. The Balaban J connectivity index is 1.50. The van der Waals surface area contributed by atoms with Crippen molar-refractivity contribution >= 4 is 33.4 Å². The summed E-state index contributed by atoms with van der Waals surface area (Å²) in [5.74, 6) is -1.60. The Bertz CT molecular complexity index is 1280. The van der Waals surface area contributed by atoms with E-state index < -0.39 is 23.2 Å². The van der Waals surface area contributed by atoms with Crippen LogP contribution in [0.4, 0.5) is 4.39 Å². The Morgan fingerprint density at radius 1 is 1.07 bits per heavy atom. The molecule has 2 aromatic heterocycles. The Labute approximate surface area is 173 Å². The van der Waals surface area contributed by atoms with Crippen LogP contribution in [0.5, 0.6) is 0 Å². The Morgan fingerprint density at radius 2 is 1.80 bits per heavy atom. The third-order valence-corrected chi connectivity index (χ3v) is 5.23. The van der Waals surface area contributed by atoms with Gasteiger partial charge in [-0.2, -0.15) is 0 Å². The van der Waals surface area contributed by atoms with Gasteiger partial charge in [0.25, 0.3) is 17.4 Å². The predicted molar refractivity (Wildman–Crippen MR) is 112 cm³/mol. The van der Waals surface area contributed by atoms with Crippen molar-refractivity contribution in [2.75, 3.05) is 12.0 Å². The zero-order valence-corrected chi connectivity index (χ0v) is 16.3. The van der Waals surface area contributed by atoms with Gasteiger partial charge in [-0.15, -0.1) is 11.3 Å². The summed E-state index contributed by atoms with van der Waals surface area (Å²) in [5, 5.41) is 4.68. The summed E-state index contributed by atoms with van der Waals surface area (Å²) in [7, 11) is 0. The van der Waals surface area contributed by atoms with E-state index in [0.717, 1.165) is 27.9 Å². The number of benzene rings is 2. The highest BCUT2D eigenvalue weighted by Gasteiger charge is 2.15. The van der Waals surface area contributed by atoms with E-state index in [1.807, 2.05) is 35.7 Å². The molecular weight excluding hydrogens is 407 g/mol. The molecule has 0 bridgehead atoms. The van der Waals surface area contributed by atoms with Gasteiger partial charge in [-0.1, -0.05) is 30.3 Å².